The van der Waals surface area contributed by atoms with E-state index in [4.69, 9.17) is 9.47 Å². The number of aromatic nitrogens is 1. The lowest BCUT2D eigenvalue weighted by molar-refractivity contribution is 0.00822. The van der Waals surface area contributed by atoms with E-state index in [0.29, 0.717) is 12.5 Å². The van der Waals surface area contributed by atoms with Gasteiger partial charge in [0, 0.05) is 24.8 Å². The Morgan fingerprint density at radius 2 is 2.17 bits per heavy atom. The van der Waals surface area contributed by atoms with Crippen LogP contribution in [-0.2, 0) is 4.74 Å². The van der Waals surface area contributed by atoms with Crippen molar-refractivity contribution in [1.29, 1.82) is 0 Å². The number of likely N-dealkylation sites (tertiary alicyclic amines) is 1. The van der Waals surface area contributed by atoms with Gasteiger partial charge in [-0.3, -0.25) is 0 Å². The first-order valence-electron chi connectivity index (χ1n) is 8.90. The SMILES string of the molecule is Cc1ccnc(OCCCC2CCCCN2C(=O)OC(C)(C)C)c1. The topological polar surface area (TPSA) is 51.7 Å². The molecule has 0 saturated carbocycles. The Labute approximate surface area is 145 Å². The van der Waals surface area contributed by atoms with E-state index < -0.39 is 5.60 Å². The van der Waals surface area contributed by atoms with Crippen LogP contribution in [0.15, 0.2) is 18.3 Å². The number of aryl methyl sites for hydroxylation is 1. The maximum atomic E-state index is 12.4. The average molecular weight is 334 g/mol. The highest BCUT2D eigenvalue weighted by Gasteiger charge is 2.30. The molecule has 1 unspecified atom stereocenters. The molecule has 1 aliphatic rings. The lowest BCUT2D eigenvalue weighted by Crippen LogP contribution is -2.46. The van der Waals surface area contributed by atoms with Gasteiger partial charge in [-0.25, -0.2) is 9.78 Å². The van der Waals surface area contributed by atoms with Gasteiger partial charge in [0.05, 0.1) is 6.61 Å². The molecule has 1 amide bonds. The van der Waals surface area contributed by atoms with Crippen molar-refractivity contribution in [2.45, 2.75) is 71.4 Å². The van der Waals surface area contributed by atoms with Crippen molar-refractivity contribution in [3.63, 3.8) is 0 Å². The Hall–Kier alpha value is -1.78. The molecule has 1 fully saturated rings. The van der Waals surface area contributed by atoms with Gasteiger partial charge in [0.15, 0.2) is 0 Å². The molecule has 1 aromatic heterocycles. The quantitative estimate of drug-likeness (QED) is 0.752. The zero-order chi connectivity index (χ0) is 17.6. The first kappa shape index (κ1) is 18.6. The minimum atomic E-state index is -0.445. The zero-order valence-corrected chi connectivity index (χ0v) is 15.4. The maximum absolute atomic E-state index is 12.4. The van der Waals surface area contributed by atoms with E-state index in [1.165, 1.54) is 6.42 Å². The fourth-order valence-corrected chi connectivity index (χ4v) is 2.94. The smallest absolute Gasteiger partial charge is 0.410 e. The summed E-state index contributed by atoms with van der Waals surface area (Å²) in [6, 6.07) is 4.14. The summed E-state index contributed by atoms with van der Waals surface area (Å²) in [6.45, 7) is 9.16. The predicted octanol–water partition coefficient (Wildman–Crippen LogP) is 4.34. The van der Waals surface area contributed by atoms with Crippen molar-refractivity contribution in [3.05, 3.63) is 23.9 Å². The normalized spacial score (nSPS) is 18.3. The van der Waals surface area contributed by atoms with Crippen LogP contribution in [0, 0.1) is 6.92 Å². The van der Waals surface area contributed by atoms with Gasteiger partial charge in [-0.1, -0.05) is 0 Å². The summed E-state index contributed by atoms with van der Waals surface area (Å²) in [5, 5.41) is 0. The molecule has 2 rings (SSSR count). The number of carbonyl (C=O) groups is 1. The van der Waals surface area contributed by atoms with E-state index in [0.717, 1.165) is 37.8 Å². The van der Waals surface area contributed by atoms with Crippen LogP contribution in [0.5, 0.6) is 5.88 Å². The standard InChI is InChI=1S/C19H30N2O3/c1-15-10-11-20-17(14-15)23-13-7-9-16-8-5-6-12-21(16)18(22)24-19(2,3)4/h10-11,14,16H,5-9,12-13H2,1-4H3. The summed E-state index contributed by atoms with van der Waals surface area (Å²) in [5.74, 6) is 0.669. The summed E-state index contributed by atoms with van der Waals surface area (Å²) in [5.41, 5.74) is 0.697. The van der Waals surface area contributed by atoms with Gasteiger partial charge in [0.1, 0.15) is 5.60 Å². The van der Waals surface area contributed by atoms with E-state index in [9.17, 15) is 4.79 Å². The molecule has 24 heavy (non-hydrogen) atoms. The summed E-state index contributed by atoms with van der Waals surface area (Å²) < 4.78 is 11.3. The van der Waals surface area contributed by atoms with Crippen molar-refractivity contribution >= 4 is 6.09 Å². The van der Waals surface area contributed by atoms with Crippen molar-refractivity contribution in [2.24, 2.45) is 0 Å². The van der Waals surface area contributed by atoms with E-state index in [-0.39, 0.29) is 12.1 Å². The fourth-order valence-electron chi connectivity index (χ4n) is 2.94. The third-order valence-electron chi connectivity index (χ3n) is 4.08. The number of piperidine rings is 1. The molecule has 1 aliphatic heterocycles. The van der Waals surface area contributed by atoms with E-state index in [2.05, 4.69) is 4.98 Å². The van der Waals surface area contributed by atoms with Crippen LogP contribution in [0.25, 0.3) is 0 Å². The number of hydrogen-bond acceptors (Lipinski definition) is 4. The Kier molecular flexibility index (Phi) is 6.46. The second-order valence-corrected chi connectivity index (χ2v) is 7.49. The Morgan fingerprint density at radius 1 is 1.38 bits per heavy atom. The largest absolute Gasteiger partial charge is 0.478 e. The fraction of sp³-hybridized carbons (Fsp3) is 0.684. The molecule has 1 atom stereocenters. The minimum absolute atomic E-state index is 0.187. The van der Waals surface area contributed by atoms with Gasteiger partial charge in [-0.05, 0) is 71.4 Å². The molecule has 0 bridgehead atoms. The van der Waals surface area contributed by atoms with Crippen LogP contribution in [0.2, 0.25) is 0 Å². The highest BCUT2D eigenvalue weighted by Crippen LogP contribution is 2.23. The third kappa shape index (κ3) is 6.02. The summed E-state index contributed by atoms with van der Waals surface area (Å²) in [7, 11) is 0. The van der Waals surface area contributed by atoms with Crippen LogP contribution in [-0.4, -0.2) is 40.8 Å². The molecule has 2 heterocycles. The van der Waals surface area contributed by atoms with Gasteiger partial charge in [-0.15, -0.1) is 0 Å². The van der Waals surface area contributed by atoms with Crippen molar-refractivity contribution in [2.75, 3.05) is 13.2 Å². The van der Waals surface area contributed by atoms with Crippen molar-refractivity contribution in [3.8, 4) is 5.88 Å². The van der Waals surface area contributed by atoms with Gasteiger partial charge < -0.3 is 14.4 Å². The molecule has 134 valence electrons. The van der Waals surface area contributed by atoms with Crippen molar-refractivity contribution < 1.29 is 14.3 Å². The van der Waals surface area contributed by atoms with Crippen LogP contribution >= 0.6 is 0 Å². The molecule has 0 N–H and O–H groups in total. The number of nitrogens with zero attached hydrogens (tertiary/aromatic N) is 2. The van der Waals surface area contributed by atoms with Crippen LogP contribution < -0.4 is 4.74 Å². The summed E-state index contributed by atoms with van der Waals surface area (Å²) in [4.78, 5) is 18.5. The van der Waals surface area contributed by atoms with Crippen LogP contribution in [0.3, 0.4) is 0 Å². The molecule has 1 aromatic rings. The first-order valence-corrected chi connectivity index (χ1v) is 8.90. The molecule has 0 aromatic carbocycles. The predicted molar refractivity (Wildman–Crippen MR) is 94.3 cm³/mol. The minimum Gasteiger partial charge on any atom is -0.478 e. The lowest BCUT2D eigenvalue weighted by Gasteiger charge is -2.36. The molecule has 0 spiro atoms. The van der Waals surface area contributed by atoms with Crippen molar-refractivity contribution in [1.82, 2.24) is 9.88 Å². The Bertz CT molecular complexity index is 540. The third-order valence-corrected chi connectivity index (χ3v) is 4.08. The number of amides is 1. The van der Waals surface area contributed by atoms with Gasteiger partial charge in [0.25, 0.3) is 0 Å². The number of ether oxygens (including phenoxy) is 2. The average Bonchev–Trinajstić information content (AvgIpc) is 2.50. The number of hydrogen-bond donors (Lipinski definition) is 0. The number of rotatable bonds is 5. The molecular weight excluding hydrogens is 304 g/mol. The summed E-state index contributed by atoms with van der Waals surface area (Å²) in [6.07, 6.45) is 6.68. The highest BCUT2D eigenvalue weighted by molar-refractivity contribution is 5.68. The van der Waals surface area contributed by atoms with Crippen LogP contribution in [0.1, 0.15) is 58.4 Å². The molecule has 5 nitrogen and oxygen atoms in total. The Balaban J connectivity index is 1.79. The second kappa shape index (κ2) is 8.36. The number of pyridine rings is 1. The maximum Gasteiger partial charge on any atom is 0.410 e. The molecule has 0 aliphatic carbocycles. The van der Waals surface area contributed by atoms with Gasteiger partial charge >= 0.3 is 6.09 Å². The van der Waals surface area contributed by atoms with E-state index >= 15 is 0 Å². The van der Waals surface area contributed by atoms with E-state index in [1.54, 1.807) is 6.20 Å². The molecule has 0 radical (unpaired) electrons. The highest BCUT2D eigenvalue weighted by atomic mass is 16.6. The second-order valence-electron chi connectivity index (χ2n) is 7.49. The molecule has 5 heteroatoms. The molecular formula is C19H30N2O3. The lowest BCUT2D eigenvalue weighted by atomic mass is 9.98. The van der Waals surface area contributed by atoms with Gasteiger partial charge in [0.2, 0.25) is 5.88 Å². The van der Waals surface area contributed by atoms with E-state index in [1.807, 2.05) is 44.7 Å². The zero-order valence-electron chi connectivity index (χ0n) is 15.4. The number of carbonyl (C=O) groups excluding carboxylic acids is 1. The molecule has 1 saturated heterocycles. The monoisotopic (exact) mass is 334 g/mol. The summed E-state index contributed by atoms with van der Waals surface area (Å²) >= 11 is 0. The van der Waals surface area contributed by atoms with Gasteiger partial charge in [-0.2, -0.15) is 0 Å². The van der Waals surface area contributed by atoms with Crippen LogP contribution in [0.4, 0.5) is 4.79 Å². The Morgan fingerprint density at radius 3 is 2.88 bits per heavy atom. The first-order chi connectivity index (χ1) is 11.3.